The van der Waals surface area contributed by atoms with Crippen LogP contribution in [-0.4, -0.2) is 28.4 Å². The third-order valence-corrected chi connectivity index (χ3v) is 6.28. The molecule has 3 rings (SSSR count). The Morgan fingerprint density at radius 1 is 1.10 bits per heavy atom. The molecule has 2 atom stereocenters. The van der Waals surface area contributed by atoms with Gasteiger partial charge in [-0.1, -0.05) is 30.3 Å². The highest BCUT2D eigenvalue weighted by atomic mass is 32.2. The van der Waals surface area contributed by atoms with Crippen molar-refractivity contribution in [3.63, 3.8) is 0 Å². The molecule has 104 valence electrons. The van der Waals surface area contributed by atoms with Gasteiger partial charge < -0.3 is 5.11 Å². The van der Waals surface area contributed by atoms with E-state index in [-0.39, 0.29) is 23.2 Å². The van der Waals surface area contributed by atoms with Gasteiger partial charge in [0.15, 0.2) is 5.78 Å². The van der Waals surface area contributed by atoms with Crippen LogP contribution in [0.5, 0.6) is 0 Å². The maximum atomic E-state index is 12.5. The molecule has 2 aliphatic rings. The summed E-state index contributed by atoms with van der Waals surface area (Å²) < 4.78 is 0.696. The fourth-order valence-electron chi connectivity index (χ4n) is 2.49. The zero-order chi connectivity index (χ0) is 14.1. The van der Waals surface area contributed by atoms with Crippen molar-refractivity contribution in [1.29, 1.82) is 0 Å². The molecule has 3 nitrogen and oxygen atoms in total. The number of hydrogen-bond acceptors (Lipinski definition) is 4. The number of ketones is 1. The molecule has 5 heteroatoms. The van der Waals surface area contributed by atoms with Gasteiger partial charge in [-0.15, -0.1) is 23.5 Å². The van der Waals surface area contributed by atoms with Crippen LogP contribution < -0.4 is 0 Å². The van der Waals surface area contributed by atoms with Crippen LogP contribution in [0.25, 0.3) is 0 Å². The molecule has 1 saturated heterocycles. The molecule has 1 aliphatic carbocycles. The van der Waals surface area contributed by atoms with Crippen LogP contribution in [-0.2, 0) is 9.59 Å². The zero-order valence-electron chi connectivity index (χ0n) is 10.7. The van der Waals surface area contributed by atoms with Crippen molar-refractivity contribution in [2.24, 2.45) is 5.92 Å². The lowest BCUT2D eigenvalue weighted by Gasteiger charge is -2.05. The number of carbonyl (C=O) groups is 2. The molecular formula is C15H14O3S2. The first-order chi connectivity index (χ1) is 9.68. The standard InChI is InChI=1S/C15H14O3S2/c16-13(12(14(17)18)15-19-6-7-20-15)11-8-10(11)9-4-2-1-3-5-9/h1-5,10-11H,6-8H2,(H,17,18)/t10-,11+/m0/s1. The Kier molecular flexibility index (Phi) is 3.89. The number of hydrogen-bond donors (Lipinski definition) is 1. The molecule has 0 radical (unpaired) electrons. The Morgan fingerprint density at radius 2 is 1.75 bits per heavy atom. The van der Waals surface area contributed by atoms with Crippen molar-refractivity contribution in [2.75, 3.05) is 11.5 Å². The quantitative estimate of drug-likeness (QED) is 0.526. The van der Waals surface area contributed by atoms with Gasteiger partial charge in [0.1, 0.15) is 5.57 Å². The van der Waals surface area contributed by atoms with Crippen molar-refractivity contribution in [1.82, 2.24) is 0 Å². The lowest BCUT2D eigenvalue weighted by atomic mass is 10.0. The summed E-state index contributed by atoms with van der Waals surface area (Å²) in [7, 11) is 0. The first-order valence-corrected chi connectivity index (χ1v) is 8.48. The van der Waals surface area contributed by atoms with E-state index in [0.29, 0.717) is 4.24 Å². The molecule has 0 amide bonds. The maximum Gasteiger partial charge on any atom is 0.341 e. The SMILES string of the molecule is O=C(O)C(C(=O)[C@@H]1C[C@H]1c1ccccc1)=C1SCCS1. The summed E-state index contributed by atoms with van der Waals surface area (Å²) in [4.78, 5) is 23.9. The van der Waals surface area contributed by atoms with E-state index >= 15 is 0 Å². The Labute approximate surface area is 125 Å². The van der Waals surface area contributed by atoms with Crippen molar-refractivity contribution < 1.29 is 14.7 Å². The molecule has 0 spiro atoms. The van der Waals surface area contributed by atoms with Crippen molar-refractivity contribution >= 4 is 35.3 Å². The summed E-state index contributed by atoms with van der Waals surface area (Å²) >= 11 is 2.98. The first-order valence-electron chi connectivity index (χ1n) is 6.51. The summed E-state index contributed by atoms with van der Waals surface area (Å²) in [6.07, 6.45) is 0.766. The van der Waals surface area contributed by atoms with Gasteiger partial charge in [-0.3, -0.25) is 4.79 Å². The van der Waals surface area contributed by atoms with Gasteiger partial charge in [0.05, 0.1) is 4.24 Å². The average Bonchev–Trinajstić information content (AvgIpc) is 3.09. The lowest BCUT2D eigenvalue weighted by molar-refractivity contribution is -0.134. The molecule has 1 saturated carbocycles. The van der Waals surface area contributed by atoms with Crippen LogP contribution in [0.15, 0.2) is 40.1 Å². The molecule has 1 aromatic carbocycles. The fourth-order valence-corrected chi connectivity index (χ4v) is 5.02. The van der Waals surface area contributed by atoms with E-state index in [0.717, 1.165) is 23.5 Å². The predicted molar refractivity (Wildman–Crippen MR) is 81.9 cm³/mol. The van der Waals surface area contributed by atoms with Crippen molar-refractivity contribution in [2.45, 2.75) is 12.3 Å². The van der Waals surface area contributed by atoms with Gasteiger partial charge in [-0.05, 0) is 17.9 Å². The summed E-state index contributed by atoms with van der Waals surface area (Å²) in [6.45, 7) is 0. The topological polar surface area (TPSA) is 54.4 Å². The molecular weight excluding hydrogens is 292 g/mol. The Bertz CT molecular complexity index is 572. The van der Waals surface area contributed by atoms with E-state index < -0.39 is 5.97 Å². The zero-order valence-corrected chi connectivity index (χ0v) is 12.4. The Hall–Kier alpha value is -1.20. The molecule has 1 aliphatic heterocycles. The van der Waals surface area contributed by atoms with Gasteiger partial charge in [-0.2, -0.15) is 0 Å². The van der Waals surface area contributed by atoms with E-state index in [2.05, 4.69) is 0 Å². The molecule has 2 fully saturated rings. The average molecular weight is 306 g/mol. The monoisotopic (exact) mass is 306 g/mol. The van der Waals surface area contributed by atoms with Crippen molar-refractivity contribution in [3.05, 3.63) is 45.7 Å². The summed E-state index contributed by atoms with van der Waals surface area (Å²) in [5.41, 5.74) is 1.15. The Balaban J connectivity index is 1.80. The second kappa shape index (κ2) is 5.66. The minimum atomic E-state index is -1.08. The van der Waals surface area contributed by atoms with Crippen LogP contribution in [0.1, 0.15) is 17.9 Å². The van der Waals surface area contributed by atoms with E-state index in [1.807, 2.05) is 30.3 Å². The van der Waals surface area contributed by atoms with Gasteiger partial charge in [-0.25, -0.2) is 4.79 Å². The second-order valence-corrected chi connectivity index (χ2v) is 7.36. The first kappa shape index (κ1) is 13.8. The van der Waals surface area contributed by atoms with E-state index in [9.17, 15) is 14.7 Å². The highest BCUT2D eigenvalue weighted by Gasteiger charge is 2.46. The minimum Gasteiger partial charge on any atom is -0.478 e. The van der Waals surface area contributed by atoms with E-state index in [1.165, 1.54) is 23.5 Å². The number of carbonyl (C=O) groups excluding carboxylic acids is 1. The molecule has 1 N–H and O–H groups in total. The molecule has 1 heterocycles. The summed E-state index contributed by atoms with van der Waals surface area (Å²) in [5, 5.41) is 9.33. The van der Waals surface area contributed by atoms with Crippen LogP contribution in [0.4, 0.5) is 0 Å². The van der Waals surface area contributed by atoms with Crippen molar-refractivity contribution in [3.8, 4) is 0 Å². The van der Waals surface area contributed by atoms with Crippen LogP contribution in [0.2, 0.25) is 0 Å². The highest BCUT2D eigenvalue weighted by molar-refractivity contribution is 8.25. The molecule has 0 unspecified atom stereocenters. The second-order valence-electron chi connectivity index (χ2n) is 4.89. The highest BCUT2D eigenvalue weighted by Crippen LogP contribution is 2.50. The summed E-state index contributed by atoms with van der Waals surface area (Å²) in [6, 6.07) is 9.86. The number of carboxylic acids is 1. The molecule has 0 bridgehead atoms. The van der Waals surface area contributed by atoms with Gasteiger partial charge in [0, 0.05) is 17.4 Å². The predicted octanol–water partition coefficient (Wildman–Crippen LogP) is 3.14. The number of thioether (sulfide) groups is 2. The molecule has 20 heavy (non-hydrogen) atoms. The molecule has 1 aromatic rings. The van der Waals surface area contributed by atoms with Gasteiger partial charge >= 0.3 is 5.97 Å². The largest absolute Gasteiger partial charge is 0.478 e. The third kappa shape index (κ3) is 2.65. The Morgan fingerprint density at radius 3 is 2.35 bits per heavy atom. The van der Waals surface area contributed by atoms with E-state index in [1.54, 1.807) is 0 Å². The number of rotatable bonds is 4. The fraction of sp³-hybridized carbons (Fsp3) is 0.333. The number of Topliss-reactive ketones (excluding diaryl/α,β-unsaturated/α-hetero) is 1. The smallest absolute Gasteiger partial charge is 0.341 e. The van der Waals surface area contributed by atoms with Gasteiger partial charge in [0.2, 0.25) is 0 Å². The summed E-state index contributed by atoms with van der Waals surface area (Å²) in [5.74, 6) is 0.537. The normalized spacial score (nSPS) is 24.5. The number of benzene rings is 1. The molecule has 0 aromatic heterocycles. The maximum absolute atomic E-state index is 12.5. The van der Waals surface area contributed by atoms with Crippen LogP contribution in [0, 0.1) is 5.92 Å². The van der Waals surface area contributed by atoms with E-state index in [4.69, 9.17) is 0 Å². The van der Waals surface area contributed by atoms with Crippen LogP contribution in [0.3, 0.4) is 0 Å². The lowest BCUT2D eigenvalue weighted by Crippen LogP contribution is -2.15. The number of carboxylic acid groups (broad SMARTS) is 1. The third-order valence-electron chi connectivity index (χ3n) is 3.57. The number of aliphatic carboxylic acids is 1. The van der Waals surface area contributed by atoms with Crippen LogP contribution >= 0.6 is 23.5 Å². The minimum absolute atomic E-state index is 0.0148. The van der Waals surface area contributed by atoms with Gasteiger partial charge in [0.25, 0.3) is 0 Å².